The minimum Gasteiger partial charge on any atom is -0.384 e. The van der Waals surface area contributed by atoms with Gasteiger partial charge in [0.2, 0.25) is 11.8 Å². The second-order valence-electron chi connectivity index (χ2n) is 8.99. The van der Waals surface area contributed by atoms with Gasteiger partial charge in [0.05, 0.1) is 12.1 Å². The number of rotatable bonds is 7. The molecule has 2 unspecified atom stereocenters. The van der Waals surface area contributed by atoms with Crippen LogP contribution in [-0.2, 0) is 16.1 Å². The lowest BCUT2D eigenvalue weighted by atomic mass is 9.83. The van der Waals surface area contributed by atoms with Gasteiger partial charge in [-0.1, -0.05) is 66.7 Å². The van der Waals surface area contributed by atoms with Crippen LogP contribution in [0.5, 0.6) is 0 Å². The number of amides is 2. The zero-order valence-electron chi connectivity index (χ0n) is 19.3. The Balaban J connectivity index is 1.41. The highest BCUT2D eigenvalue weighted by atomic mass is 16.2. The van der Waals surface area contributed by atoms with E-state index in [1.807, 2.05) is 36.1 Å². The maximum absolute atomic E-state index is 12.9. The third-order valence-electron chi connectivity index (χ3n) is 6.83. The molecule has 176 valence electrons. The molecule has 4 rings (SSSR count). The first-order valence-corrected chi connectivity index (χ1v) is 11.6. The molecule has 0 spiro atoms. The lowest BCUT2D eigenvalue weighted by molar-refractivity contribution is -0.132. The van der Waals surface area contributed by atoms with E-state index in [-0.39, 0.29) is 17.7 Å². The number of carbonyl (C=O) groups is 2. The van der Waals surface area contributed by atoms with Crippen molar-refractivity contribution in [3.05, 3.63) is 83.4 Å². The number of nitrogens with zero attached hydrogens (tertiary/aromatic N) is 1. The van der Waals surface area contributed by atoms with Gasteiger partial charge in [-0.2, -0.15) is 0 Å². The monoisotopic (exact) mass is 457 g/mol. The predicted octanol–water partition coefficient (Wildman–Crippen LogP) is 2.86. The first-order chi connectivity index (χ1) is 16.3. The molecule has 1 saturated heterocycles. The van der Waals surface area contributed by atoms with Crippen LogP contribution in [0.15, 0.2) is 66.7 Å². The number of nitrogens with two attached hydrogens (primary N) is 2. The molecule has 0 aromatic heterocycles. The van der Waals surface area contributed by atoms with E-state index in [1.54, 1.807) is 12.1 Å². The number of benzene rings is 3. The number of piperidine rings is 1. The van der Waals surface area contributed by atoms with Gasteiger partial charge in [0.25, 0.3) is 0 Å². The first kappa shape index (κ1) is 23.4. The van der Waals surface area contributed by atoms with Crippen molar-refractivity contribution in [1.29, 1.82) is 5.41 Å². The van der Waals surface area contributed by atoms with Gasteiger partial charge in [0.15, 0.2) is 0 Å². The summed E-state index contributed by atoms with van der Waals surface area (Å²) in [5.41, 5.74) is 14.0. The molecule has 3 aromatic rings. The molecule has 1 aliphatic heterocycles. The zero-order chi connectivity index (χ0) is 24.2. The van der Waals surface area contributed by atoms with Crippen LogP contribution in [-0.4, -0.2) is 41.2 Å². The molecule has 7 nitrogen and oxygen atoms in total. The summed E-state index contributed by atoms with van der Waals surface area (Å²) in [5.74, 6) is -0.321. The van der Waals surface area contributed by atoms with Crippen LogP contribution in [0.2, 0.25) is 0 Å². The second-order valence-corrected chi connectivity index (χ2v) is 8.99. The molecule has 1 fully saturated rings. The van der Waals surface area contributed by atoms with Gasteiger partial charge in [-0.05, 0) is 47.6 Å². The van der Waals surface area contributed by atoms with Gasteiger partial charge in [0.1, 0.15) is 5.84 Å². The van der Waals surface area contributed by atoms with E-state index in [1.165, 1.54) is 16.3 Å². The van der Waals surface area contributed by atoms with Crippen LogP contribution in [0.4, 0.5) is 0 Å². The Morgan fingerprint density at radius 2 is 1.76 bits per heavy atom. The van der Waals surface area contributed by atoms with E-state index in [4.69, 9.17) is 16.9 Å². The molecule has 0 bridgehead atoms. The largest absolute Gasteiger partial charge is 0.384 e. The Morgan fingerprint density at radius 3 is 2.44 bits per heavy atom. The fourth-order valence-corrected chi connectivity index (χ4v) is 4.78. The quantitative estimate of drug-likeness (QED) is 0.321. The molecule has 0 saturated carbocycles. The Morgan fingerprint density at radius 1 is 1.06 bits per heavy atom. The van der Waals surface area contributed by atoms with Gasteiger partial charge in [0, 0.05) is 18.7 Å². The van der Waals surface area contributed by atoms with Crippen LogP contribution in [0, 0.1) is 5.41 Å². The highest BCUT2D eigenvalue weighted by molar-refractivity contribution is 5.94. The highest BCUT2D eigenvalue weighted by Gasteiger charge is 2.37. The Hall–Kier alpha value is -3.71. The normalized spacial score (nSPS) is 19.4. The minimum absolute atomic E-state index is 0.00814. The van der Waals surface area contributed by atoms with Crippen molar-refractivity contribution in [2.45, 2.75) is 44.3 Å². The molecule has 2 amide bonds. The average Bonchev–Trinajstić information content (AvgIpc) is 2.86. The average molecular weight is 458 g/mol. The van der Waals surface area contributed by atoms with Crippen LogP contribution in [0.3, 0.4) is 0 Å². The summed E-state index contributed by atoms with van der Waals surface area (Å²) in [5, 5.41) is 12.8. The number of likely N-dealkylation sites (tertiary alicyclic amines) is 1. The molecular formula is C27H31N5O2. The van der Waals surface area contributed by atoms with Crippen molar-refractivity contribution < 1.29 is 9.59 Å². The van der Waals surface area contributed by atoms with Crippen molar-refractivity contribution in [1.82, 2.24) is 10.2 Å². The second kappa shape index (κ2) is 10.1. The van der Waals surface area contributed by atoms with Crippen molar-refractivity contribution in [3.8, 4) is 0 Å². The van der Waals surface area contributed by atoms with Crippen LogP contribution < -0.4 is 16.8 Å². The van der Waals surface area contributed by atoms with E-state index >= 15 is 0 Å². The Labute approximate surface area is 199 Å². The fourth-order valence-electron chi connectivity index (χ4n) is 4.78. The number of amidine groups is 1. The number of fused-ring (bicyclic) bond motifs is 1. The highest BCUT2D eigenvalue weighted by Crippen LogP contribution is 2.34. The maximum atomic E-state index is 12.9. The van der Waals surface area contributed by atoms with E-state index in [9.17, 15) is 9.59 Å². The van der Waals surface area contributed by atoms with E-state index in [0.717, 1.165) is 12.0 Å². The standard InChI is InChI=1S/C27H31N5O2/c1-17(27(34)31-16-18-6-8-20(9-7-18)25(28)29)32-13-12-23(15-24(32)26(30)33)22-11-10-19-4-2-3-5-21(19)14-22/h2-11,14,17,23-24H,12-13,15-16H2,1H3,(H3,28,29)(H2,30,33)(H,31,34)/t17-,23?,24?/m0/s1. The number of carbonyl (C=O) groups excluding carboxylic acids is 2. The third kappa shape index (κ3) is 5.10. The van der Waals surface area contributed by atoms with Gasteiger partial charge >= 0.3 is 0 Å². The number of nitrogens with one attached hydrogen (secondary N) is 2. The molecule has 3 aromatic carbocycles. The molecule has 1 aliphatic rings. The van der Waals surface area contributed by atoms with E-state index in [2.05, 4.69) is 35.6 Å². The summed E-state index contributed by atoms with van der Waals surface area (Å²) >= 11 is 0. The summed E-state index contributed by atoms with van der Waals surface area (Å²) in [6.07, 6.45) is 1.45. The van der Waals surface area contributed by atoms with E-state index < -0.39 is 18.0 Å². The summed E-state index contributed by atoms with van der Waals surface area (Å²) in [6, 6.07) is 20.9. The lowest BCUT2D eigenvalue weighted by Crippen LogP contribution is -2.56. The predicted molar refractivity (Wildman–Crippen MR) is 134 cm³/mol. The molecule has 0 radical (unpaired) electrons. The van der Waals surface area contributed by atoms with Crippen LogP contribution in [0.1, 0.15) is 42.4 Å². The summed E-state index contributed by atoms with van der Waals surface area (Å²) in [6.45, 7) is 2.80. The minimum atomic E-state index is -0.499. The van der Waals surface area contributed by atoms with Gasteiger partial charge in [-0.25, -0.2) is 0 Å². The fraction of sp³-hybridized carbons (Fsp3) is 0.296. The Kier molecular flexibility index (Phi) is 6.93. The number of hydrogen-bond donors (Lipinski definition) is 4. The molecule has 1 heterocycles. The van der Waals surface area contributed by atoms with Crippen molar-refractivity contribution in [2.75, 3.05) is 6.54 Å². The van der Waals surface area contributed by atoms with Gasteiger partial charge in [-0.15, -0.1) is 0 Å². The maximum Gasteiger partial charge on any atom is 0.237 e. The molecule has 0 aliphatic carbocycles. The molecule has 6 N–H and O–H groups in total. The number of primary amides is 1. The molecule has 34 heavy (non-hydrogen) atoms. The third-order valence-corrected chi connectivity index (χ3v) is 6.83. The van der Waals surface area contributed by atoms with Crippen LogP contribution >= 0.6 is 0 Å². The summed E-state index contributed by atoms with van der Waals surface area (Å²) < 4.78 is 0. The topological polar surface area (TPSA) is 125 Å². The van der Waals surface area contributed by atoms with Crippen molar-refractivity contribution in [3.63, 3.8) is 0 Å². The number of hydrogen-bond acceptors (Lipinski definition) is 4. The molecule has 7 heteroatoms. The van der Waals surface area contributed by atoms with Crippen molar-refractivity contribution >= 4 is 28.4 Å². The lowest BCUT2D eigenvalue weighted by Gasteiger charge is -2.40. The first-order valence-electron chi connectivity index (χ1n) is 11.6. The van der Waals surface area contributed by atoms with Crippen molar-refractivity contribution in [2.24, 2.45) is 11.5 Å². The van der Waals surface area contributed by atoms with Crippen LogP contribution in [0.25, 0.3) is 10.8 Å². The van der Waals surface area contributed by atoms with Gasteiger partial charge in [-0.3, -0.25) is 19.9 Å². The SMILES string of the molecule is C[C@@H](C(=O)NCc1ccc(C(=N)N)cc1)N1CCC(c2ccc3ccccc3c2)CC1C(N)=O. The zero-order valence-corrected chi connectivity index (χ0v) is 19.3. The smallest absolute Gasteiger partial charge is 0.237 e. The van der Waals surface area contributed by atoms with E-state index in [0.29, 0.717) is 25.1 Å². The number of nitrogen functional groups attached to an aromatic ring is 1. The summed E-state index contributed by atoms with van der Waals surface area (Å²) in [4.78, 5) is 27.2. The molecular weight excluding hydrogens is 426 g/mol. The van der Waals surface area contributed by atoms with Gasteiger partial charge < -0.3 is 16.8 Å². The Bertz CT molecular complexity index is 1210. The summed E-state index contributed by atoms with van der Waals surface area (Å²) in [7, 11) is 0. The molecule has 3 atom stereocenters.